The summed E-state index contributed by atoms with van der Waals surface area (Å²) in [5.74, 6) is 0.493. The molecule has 0 saturated carbocycles. The third-order valence-corrected chi connectivity index (χ3v) is 4.65. The molecule has 0 bridgehead atoms. The second-order valence-corrected chi connectivity index (χ2v) is 6.38. The molecule has 0 unspecified atom stereocenters. The SMILES string of the molecule is Cc1ccc(CN(C)C(=O)CSc2ccccc2Cl)cc1. The molecule has 110 valence electrons. The molecule has 0 aliphatic rings. The van der Waals surface area contributed by atoms with E-state index in [4.69, 9.17) is 11.6 Å². The molecule has 0 radical (unpaired) electrons. The average Bonchev–Trinajstić information content (AvgIpc) is 2.48. The largest absolute Gasteiger partial charge is 0.341 e. The zero-order valence-corrected chi connectivity index (χ0v) is 13.7. The van der Waals surface area contributed by atoms with Crippen molar-refractivity contribution in [2.45, 2.75) is 18.4 Å². The van der Waals surface area contributed by atoms with Gasteiger partial charge in [0.15, 0.2) is 0 Å². The van der Waals surface area contributed by atoms with Crippen molar-refractivity contribution < 1.29 is 4.79 Å². The summed E-state index contributed by atoms with van der Waals surface area (Å²) in [6.07, 6.45) is 0. The fourth-order valence-electron chi connectivity index (χ4n) is 1.87. The Morgan fingerprint density at radius 1 is 1.14 bits per heavy atom. The fourth-order valence-corrected chi connectivity index (χ4v) is 3.05. The Morgan fingerprint density at radius 2 is 1.81 bits per heavy atom. The van der Waals surface area contributed by atoms with E-state index in [1.165, 1.54) is 17.3 Å². The van der Waals surface area contributed by atoms with Gasteiger partial charge in [-0.1, -0.05) is 53.6 Å². The number of rotatable bonds is 5. The van der Waals surface area contributed by atoms with Crippen LogP contribution in [-0.4, -0.2) is 23.6 Å². The lowest BCUT2D eigenvalue weighted by atomic mass is 10.1. The Labute approximate surface area is 135 Å². The van der Waals surface area contributed by atoms with Gasteiger partial charge in [-0.05, 0) is 24.6 Å². The summed E-state index contributed by atoms with van der Waals surface area (Å²) in [6, 6.07) is 15.8. The monoisotopic (exact) mass is 319 g/mol. The molecule has 4 heteroatoms. The molecule has 2 aromatic carbocycles. The number of hydrogen-bond donors (Lipinski definition) is 0. The minimum Gasteiger partial charge on any atom is -0.341 e. The van der Waals surface area contributed by atoms with Crippen molar-refractivity contribution >= 4 is 29.3 Å². The third-order valence-electron chi connectivity index (χ3n) is 3.15. The van der Waals surface area contributed by atoms with E-state index < -0.39 is 0 Å². The molecular formula is C17H18ClNOS. The van der Waals surface area contributed by atoms with Crippen molar-refractivity contribution in [3.05, 3.63) is 64.7 Å². The topological polar surface area (TPSA) is 20.3 Å². The Kier molecular flexibility index (Phi) is 5.71. The van der Waals surface area contributed by atoms with Crippen LogP contribution < -0.4 is 0 Å². The van der Waals surface area contributed by atoms with E-state index in [0.717, 1.165) is 10.5 Å². The maximum Gasteiger partial charge on any atom is 0.232 e. The summed E-state index contributed by atoms with van der Waals surface area (Å²) in [7, 11) is 1.83. The van der Waals surface area contributed by atoms with Gasteiger partial charge in [0.25, 0.3) is 0 Å². The molecule has 0 saturated heterocycles. The molecule has 0 heterocycles. The summed E-state index contributed by atoms with van der Waals surface area (Å²) in [4.78, 5) is 14.8. The van der Waals surface area contributed by atoms with Crippen molar-refractivity contribution in [2.75, 3.05) is 12.8 Å². The normalized spacial score (nSPS) is 10.4. The first-order valence-electron chi connectivity index (χ1n) is 6.73. The minimum absolute atomic E-state index is 0.0977. The van der Waals surface area contributed by atoms with Crippen LogP contribution in [0, 0.1) is 6.92 Å². The molecule has 2 aromatic rings. The van der Waals surface area contributed by atoms with Crippen LogP contribution in [0.2, 0.25) is 5.02 Å². The number of carbonyl (C=O) groups is 1. The maximum atomic E-state index is 12.2. The zero-order chi connectivity index (χ0) is 15.2. The Bertz CT molecular complexity index is 612. The lowest BCUT2D eigenvalue weighted by molar-refractivity contribution is -0.127. The van der Waals surface area contributed by atoms with Crippen LogP contribution in [0.4, 0.5) is 0 Å². The van der Waals surface area contributed by atoms with Gasteiger partial charge in [-0.15, -0.1) is 11.8 Å². The van der Waals surface area contributed by atoms with Crippen LogP contribution >= 0.6 is 23.4 Å². The molecule has 0 spiro atoms. The third kappa shape index (κ3) is 4.80. The first kappa shape index (κ1) is 15.9. The van der Waals surface area contributed by atoms with Crippen molar-refractivity contribution in [1.82, 2.24) is 4.90 Å². The Hall–Kier alpha value is -1.45. The number of hydrogen-bond acceptors (Lipinski definition) is 2. The van der Waals surface area contributed by atoms with Gasteiger partial charge in [-0.25, -0.2) is 0 Å². The highest BCUT2D eigenvalue weighted by Gasteiger charge is 2.11. The van der Waals surface area contributed by atoms with E-state index in [9.17, 15) is 4.79 Å². The van der Waals surface area contributed by atoms with Crippen LogP contribution in [0.25, 0.3) is 0 Å². The summed E-state index contributed by atoms with van der Waals surface area (Å²) < 4.78 is 0. The Morgan fingerprint density at radius 3 is 2.48 bits per heavy atom. The number of aryl methyl sites for hydroxylation is 1. The second-order valence-electron chi connectivity index (χ2n) is 4.95. The van der Waals surface area contributed by atoms with Gasteiger partial charge in [0.2, 0.25) is 5.91 Å². The number of halogens is 1. The van der Waals surface area contributed by atoms with Gasteiger partial charge in [0.1, 0.15) is 0 Å². The van der Waals surface area contributed by atoms with Gasteiger partial charge in [-0.3, -0.25) is 4.79 Å². The molecule has 0 N–H and O–H groups in total. The van der Waals surface area contributed by atoms with Crippen molar-refractivity contribution in [3.8, 4) is 0 Å². The number of amides is 1. The van der Waals surface area contributed by atoms with E-state index >= 15 is 0 Å². The summed E-state index contributed by atoms with van der Waals surface area (Å²) >= 11 is 7.56. The van der Waals surface area contributed by atoms with Gasteiger partial charge >= 0.3 is 0 Å². The molecule has 0 aliphatic heterocycles. The summed E-state index contributed by atoms with van der Waals surface area (Å²) in [5, 5.41) is 0.691. The molecule has 0 fully saturated rings. The highest BCUT2D eigenvalue weighted by Crippen LogP contribution is 2.26. The summed E-state index contributed by atoms with van der Waals surface area (Å²) in [5.41, 5.74) is 2.36. The first-order valence-corrected chi connectivity index (χ1v) is 8.09. The molecule has 0 aliphatic carbocycles. The van der Waals surface area contributed by atoms with Crippen molar-refractivity contribution in [3.63, 3.8) is 0 Å². The molecule has 21 heavy (non-hydrogen) atoms. The molecule has 0 aromatic heterocycles. The highest BCUT2D eigenvalue weighted by molar-refractivity contribution is 8.00. The molecular weight excluding hydrogens is 302 g/mol. The van der Waals surface area contributed by atoms with Crippen LogP contribution in [0.3, 0.4) is 0 Å². The van der Waals surface area contributed by atoms with Crippen molar-refractivity contribution in [1.29, 1.82) is 0 Å². The smallest absolute Gasteiger partial charge is 0.232 e. The van der Waals surface area contributed by atoms with E-state index in [-0.39, 0.29) is 5.91 Å². The van der Waals surface area contributed by atoms with Crippen LogP contribution in [0.5, 0.6) is 0 Å². The van der Waals surface area contributed by atoms with Crippen molar-refractivity contribution in [2.24, 2.45) is 0 Å². The van der Waals surface area contributed by atoms with Crippen LogP contribution in [0.1, 0.15) is 11.1 Å². The van der Waals surface area contributed by atoms with E-state index in [1.54, 1.807) is 4.90 Å². The van der Waals surface area contributed by atoms with Crippen LogP contribution in [0.15, 0.2) is 53.4 Å². The number of carbonyl (C=O) groups excluding carboxylic acids is 1. The van der Waals surface area contributed by atoms with Gasteiger partial charge < -0.3 is 4.90 Å². The predicted octanol–water partition coefficient (Wildman–Crippen LogP) is 4.40. The number of nitrogens with zero attached hydrogens (tertiary/aromatic N) is 1. The van der Waals surface area contributed by atoms with Gasteiger partial charge in [-0.2, -0.15) is 0 Å². The quantitative estimate of drug-likeness (QED) is 0.761. The second kappa shape index (κ2) is 7.53. The predicted molar refractivity (Wildman–Crippen MR) is 89.8 cm³/mol. The summed E-state index contributed by atoms with van der Waals surface area (Å²) in [6.45, 7) is 2.68. The van der Waals surface area contributed by atoms with E-state index in [0.29, 0.717) is 17.3 Å². The number of benzene rings is 2. The number of thioether (sulfide) groups is 1. The zero-order valence-electron chi connectivity index (χ0n) is 12.2. The lowest BCUT2D eigenvalue weighted by Crippen LogP contribution is -2.27. The molecule has 1 amide bonds. The first-order chi connectivity index (χ1) is 10.1. The van der Waals surface area contributed by atoms with Gasteiger partial charge in [0, 0.05) is 18.5 Å². The van der Waals surface area contributed by atoms with Crippen LogP contribution in [-0.2, 0) is 11.3 Å². The van der Waals surface area contributed by atoms with E-state index in [1.807, 2.05) is 31.3 Å². The standard InChI is InChI=1S/C17H18ClNOS/c1-13-7-9-14(10-8-13)11-19(2)17(20)12-21-16-6-4-3-5-15(16)18/h3-10H,11-12H2,1-2H3. The van der Waals surface area contributed by atoms with Gasteiger partial charge in [0.05, 0.1) is 10.8 Å². The lowest BCUT2D eigenvalue weighted by Gasteiger charge is -2.17. The average molecular weight is 320 g/mol. The molecule has 2 rings (SSSR count). The fraction of sp³-hybridized carbons (Fsp3) is 0.235. The highest BCUT2D eigenvalue weighted by atomic mass is 35.5. The maximum absolute atomic E-state index is 12.2. The molecule has 0 atom stereocenters. The molecule has 2 nitrogen and oxygen atoms in total. The minimum atomic E-state index is 0.0977. The van der Waals surface area contributed by atoms with E-state index in [2.05, 4.69) is 31.2 Å². The Balaban J connectivity index is 1.88.